The zero-order chi connectivity index (χ0) is 9.61. The predicted octanol–water partition coefficient (Wildman–Crippen LogP) is 2.27. The fourth-order valence-corrected chi connectivity index (χ4v) is 1.32. The molecule has 0 aliphatic rings. The van der Waals surface area contributed by atoms with Gasteiger partial charge in [0, 0.05) is 13.0 Å². The molecule has 0 atom stereocenters. The van der Waals surface area contributed by atoms with Gasteiger partial charge in [0.2, 0.25) is 0 Å². The fraction of sp³-hybridized carbons (Fsp3) is 0.900. The lowest BCUT2D eigenvalue weighted by molar-refractivity contribution is 0.226. The van der Waals surface area contributed by atoms with Crippen LogP contribution in [0.3, 0.4) is 0 Å². The molecule has 0 aromatic heterocycles. The lowest BCUT2D eigenvalue weighted by atomic mass is 9.96. The van der Waals surface area contributed by atoms with Crippen molar-refractivity contribution in [2.24, 2.45) is 5.41 Å². The summed E-state index contributed by atoms with van der Waals surface area (Å²) in [5.74, 6) is 0. The Bertz CT molecular complexity index is 150. The van der Waals surface area contributed by atoms with Crippen LogP contribution in [-0.4, -0.2) is 25.0 Å². The summed E-state index contributed by atoms with van der Waals surface area (Å²) >= 11 is 0. The van der Waals surface area contributed by atoms with E-state index >= 15 is 0 Å². The minimum absolute atomic E-state index is 0.362. The van der Waals surface area contributed by atoms with Gasteiger partial charge in [-0.15, -0.1) is 0 Å². The monoisotopic (exact) mass is 168 g/mol. The largest absolute Gasteiger partial charge is 0.306 e. The van der Waals surface area contributed by atoms with Crippen molar-refractivity contribution >= 4 is 0 Å². The summed E-state index contributed by atoms with van der Waals surface area (Å²) in [7, 11) is 2.11. The number of nitriles is 1. The smallest absolute Gasteiger partial charge is 0.0622 e. The highest BCUT2D eigenvalue weighted by Gasteiger charge is 2.12. The maximum Gasteiger partial charge on any atom is 0.0622 e. The van der Waals surface area contributed by atoms with Gasteiger partial charge in [-0.2, -0.15) is 5.26 Å². The van der Waals surface area contributed by atoms with E-state index < -0.39 is 0 Å². The second kappa shape index (κ2) is 5.16. The SMILES string of the molecule is CN(CCCC#N)CC(C)(C)C. The van der Waals surface area contributed by atoms with Gasteiger partial charge in [-0.05, 0) is 25.4 Å². The molecule has 0 unspecified atom stereocenters. The van der Waals surface area contributed by atoms with Crippen LogP contribution in [0.15, 0.2) is 0 Å². The summed E-state index contributed by atoms with van der Waals surface area (Å²) in [4.78, 5) is 2.29. The van der Waals surface area contributed by atoms with Gasteiger partial charge >= 0.3 is 0 Å². The molecule has 0 saturated carbocycles. The van der Waals surface area contributed by atoms with Crippen molar-refractivity contribution in [2.75, 3.05) is 20.1 Å². The maximum atomic E-state index is 8.34. The molecule has 2 nitrogen and oxygen atoms in total. The number of hydrogen-bond donors (Lipinski definition) is 0. The molecule has 2 heteroatoms. The van der Waals surface area contributed by atoms with Crippen LogP contribution in [-0.2, 0) is 0 Å². The highest BCUT2D eigenvalue weighted by Crippen LogP contribution is 2.14. The van der Waals surface area contributed by atoms with E-state index in [1.54, 1.807) is 0 Å². The van der Waals surface area contributed by atoms with Gasteiger partial charge in [-0.1, -0.05) is 20.8 Å². The first kappa shape index (κ1) is 11.4. The van der Waals surface area contributed by atoms with Gasteiger partial charge in [0.25, 0.3) is 0 Å². The lowest BCUT2D eigenvalue weighted by Gasteiger charge is -2.26. The Hall–Kier alpha value is -0.550. The predicted molar refractivity (Wildman–Crippen MR) is 51.8 cm³/mol. The average Bonchev–Trinajstić information content (AvgIpc) is 1.84. The first-order chi connectivity index (χ1) is 5.45. The maximum absolute atomic E-state index is 8.34. The highest BCUT2D eigenvalue weighted by molar-refractivity contribution is 4.71. The Balaban J connectivity index is 3.48. The highest BCUT2D eigenvalue weighted by atomic mass is 15.1. The molecule has 0 saturated heterocycles. The molecular formula is C10H20N2. The fourth-order valence-electron chi connectivity index (χ4n) is 1.32. The average molecular weight is 168 g/mol. The molecule has 0 spiro atoms. The molecule has 0 heterocycles. The molecule has 0 aliphatic carbocycles. The van der Waals surface area contributed by atoms with Gasteiger partial charge < -0.3 is 4.90 Å². The van der Waals surface area contributed by atoms with Crippen LogP contribution in [0.25, 0.3) is 0 Å². The van der Waals surface area contributed by atoms with E-state index in [1.165, 1.54) is 0 Å². The number of unbranched alkanes of at least 4 members (excludes halogenated alkanes) is 1. The van der Waals surface area contributed by atoms with Crippen molar-refractivity contribution in [1.29, 1.82) is 5.26 Å². The quantitative estimate of drug-likeness (QED) is 0.602. The number of rotatable bonds is 4. The molecule has 0 bridgehead atoms. The van der Waals surface area contributed by atoms with Crippen LogP contribution >= 0.6 is 0 Å². The van der Waals surface area contributed by atoms with Gasteiger partial charge in [-0.3, -0.25) is 0 Å². The molecule has 0 fully saturated rings. The molecule has 0 radical (unpaired) electrons. The third kappa shape index (κ3) is 7.56. The molecule has 0 aromatic carbocycles. The molecule has 0 amide bonds. The van der Waals surface area contributed by atoms with E-state index in [0.29, 0.717) is 11.8 Å². The minimum atomic E-state index is 0.362. The molecular weight excluding hydrogens is 148 g/mol. The first-order valence-electron chi connectivity index (χ1n) is 4.51. The second-order valence-electron chi connectivity index (χ2n) is 4.56. The van der Waals surface area contributed by atoms with Gasteiger partial charge in [0.05, 0.1) is 6.07 Å². The molecule has 0 aromatic rings. The normalized spacial score (nSPS) is 11.7. The van der Waals surface area contributed by atoms with E-state index in [0.717, 1.165) is 19.5 Å². The number of nitrogens with zero attached hydrogens (tertiary/aromatic N) is 2. The summed E-state index contributed by atoms with van der Waals surface area (Å²) in [6, 6.07) is 2.16. The van der Waals surface area contributed by atoms with E-state index in [4.69, 9.17) is 5.26 Å². The summed E-state index contributed by atoms with van der Waals surface area (Å²) in [6.07, 6.45) is 1.66. The summed E-state index contributed by atoms with van der Waals surface area (Å²) in [5, 5.41) is 8.34. The van der Waals surface area contributed by atoms with Crippen LogP contribution in [0.2, 0.25) is 0 Å². The van der Waals surface area contributed by atoms with Gasteiger partial charge in [0.1, 0.15) is 0 Å². The van der Waals surface area contributed by atoms with Crippen LogP contribution in [0, 0.1) is 16.7 Å². The van der Waals surface area contributed by atoms with Crippen molar-refractivity contribution in [3.63, 3.8) is 0 Å². The van der Waals surface area contributed by atoms with Crippen LogP contribution < -0.4 is 0 Å². The Morgan fingerprint density at radius 1 is 1.33 bits per heavy atom. The van der Waals surface area contributed by atoms with Crippen molar-refractivity contribution in [3.05, 3.63) is 0 Å². The van der Waals surface area contributed by atoms with E-state index in [-0.39, 0.29) is 0 Å². The molecule has 0 aliphatic heterocycles. The zero-order valence-corrected chi connectivity index (χ0v) is 8.72. The second-order valence-corrected chi connectivity index (χ2v) is 4.56. The number of hydrogen-bond acceptors (Lipinski definition) is 2. The zero-order valence-electron chi connectivity index (χ0n) is 8.72. The summed E-state index contributed by atoms with van der Waals surface area (Å²) in [5.41, 5.74) is 0.362. The van der Waals surface area contributed by atoms with Crippen molar-refractivity contribution < 1.29 is 0 Å². The first-order valence-corrected chi connectivity index (χ1v) is 4.51. The van der Waals surface area contributed by atoms with Crippen LogP contribution in [0.1, 0.15) is 33.6 Å². The van der Waals surface area contributed by atoms with Crippen LogP contribution in [0.5, 0.6) is 0 Å². The van der Waals surface area contributed by atoms with Crippen molar-refractivity contribution in [3.8, 4) is 6.07 Å². The van der Waals surface area contributed by atoms with E-state index in [9.17, 15) is 0 Å². The Morgan fingerprint density at radius 3 is 2.33 bits per heavy atom. The Morgan fingerprint density at radius 2 is 1.92 bits per heavy atom. The third-order valence-corrected chi connectivity index (χ3v) is 1.57. The van der Waals surface area contributed by atoms with Crippen molar-refractivity contribution in [2.45, 2.75) is 33.6 Å². The van der Waals surface area contributed by atoms with Crippen LogP contribution in [0.4, 0.5) is 0 Å². The Labute approximate surface area is 76.2 Å². The van der Waals surface area contributed by atoms with E-state index in [2.05, 4.69) is 38.8 Å². The molecule has 12 heavy (non-hydrogen) atoms. The molecule has 0 N–H and O–H groups in total. The minimum Gasteiger partial charge on any atom is -0.306 e. The van der Waals surface area contributed by atoms with Gasteiger partial charge in [0.15, 0.2) is 0 Å². The summed E-state index contributed by atoms with van der Waals surface area (Å²) < 4.78 is 0. The molecule has 70 valence electrons. The van der Waals surface area contributed by atoms with Crippen molar-refractivity contribution in [1.82, 2.24) is 4.90 Å². The lowest BCUT2D eigenvalue weighted by Crippen LogP contribution is -2.29. The third-order valence-electron chi connectivity index (χ3n) is 1.57. The Kier molecular flexibility index (Phi) is 4.92. The van der Waals surface area contributed by atoms with Gasteiger partial charge in [-0.25, -0.2) is 0 Å². The standard InChI is InChI=1S/C10H20N2/c1-10(2,3)9-12(4)8-6-5-7-11/h5-6,8-9H2,1-4H3. The topological polar surface area (TPSA) is 27.0 Å². The van der Waals surface area contributed by atoms with E-state index in [1.807, 2.05) is 0 Å². The molecule has 0 rings (SSSR count). The summed E-state index contributed by atoms with van der Waals surface area (Å²) in [6.45, 7) is 8.82.